The van der Waals surface area contributed by atoms with Crippen LogP contribution < -0.4 is 0 Å². The number of methoxy groups -OCH3 is 1. The smallest absolute Gasteiger partial charge is 0.331 e. The normalized spacial score (nSPS) is 25.3. The Bertz CT molecular complexity index is 1720. The molecule has 2 fully saturated rings. The van der Waals surface area contributed by atoms with Crippen molar-refractivity contribution in [1.29, 1.82) is 0 Å². The summed E-state index contributed by atoms with van der Waals surface area (Å²) >= 11 is 1.44. The first-order valence-electron chi connectivity index (χ1n) is 15.2. The van der Waals surface area contributed by atoms with Crippen molar-refractivity contribution in [2.75, 3.05) is 7.11 Å². The lowest BCUT2D eigenvalue weighted by atomic mass is 9.63. The first kappa shape index (κ1) is 29.9. The van der Waals surface area contributed by atoms with Crippen LogP contribution in [0.4, 0.5) is 0 Å². The fourth-order valence-corrected chi connectivity index (χ4v) is 8.94. The molecule has 0 unspecified atom stereocenters. The van der Waals surface area contributed by atoms with Crippen LogP contribution in [0.1, 0.15) is 42.2 Å². The van der Waals surface area contributed by atoms with E-state index in [0.717, 1.165) is 22.3 Å². The summed E-state index contributed by atoms with van der Waals surface area (Å²) in [6, 6.07) is 37.0. The molecule has 3 aliphatic heterocycles. The number of azo groups is 1. The molecule has 4 aromatic carbocycles. The van der Waals surface area contributed by atoms with Crippen LogP contribution in [0.3, 0.4) is 0 Å². The SMILES string of the molecule is COC(=O)[C@H]1C(c2ccccc2)(c2ccccc2)N=N[C@@]12C(=O)N1[C@@H](C(=O)OC(c3ccccc3)c3ccccc3)C(C)(C)S[C@@H]12. The molecule has 9 heteroatoms. The maximum Gasteiger partial charge on any atom is 0.331 e. The number of amides is 1. The molecule has 0 aliphatic carbocycles. The number of thioether (sulfide) groups is 1. The average molecular weight is 632 g/mol. The first-order chi connectivity index (χ1) is 22.3. The monoisotopic (exact) mass is 631 g/mol. The Hall–Kier alpha value is -4.76. The van der Waals surface area contributed by atoms with Gasteiger partial charge in [-0.15, -0.1) is 11.8 Å². The number of benzene rings is 4. The number of esters is 2. The number of β-lactam (4-membered cyclic amide) rings is 1. The van der Waals surface area contributed by atoms with Gasteiger partial charge in [0.1, 0.15) is 22.9 Å². The van der Waals surface area contributed by atoms with Crippen LogP contribution in [-0.2, 0) is 29.4 Å². The summed E-state index contributed by atoms with van der Waals surface area (Å²) in [7, 11) is 1.31. The Morgan fingerprint density at radius 2 is 1.22 bits per heavy atom. The molecule has 3 aliphatic rings. The van der Waals surface area contributed by atoms with Crippen molar-refractivity contribution in [3.63, 3.8) is 0 Å². The van der Waals surface area contributed by atoms with E-state index >= 15 is 0 Å². The van der Waals surface area contributed by atoms with Crippen LogP contribution in [0.5, 0.6) is 0 Å². The molecular weight excluding hydrogens is 598 g/mol. The van der Waals surface area contributed by atoms with Gasteiger partial charge in [0.05, 0.1) is 7.11 Å². The number of carbonyl (C=O) groups is 3. The molecule has 4 aromatic rings. The number of ether oxygens (including phenoxy) is 2. The van der Waals surface area contributed by atoms with Gasteiger partial charge in [-0.05, 0) is 36.1 Å². The van der Waals surface area contributed by atoms with E-state index in [0.29, 0.717) is 0 Å². The van der Waals surface area contributed by atoms with Gasteiger partial charge < -0.3 is 14.4 Å². The van der Waals surface area contributed by atoms with Crippen LogP contribution in [-0.4, -0.2) is 51.6 Å². The second-order valence-electron chi connectivity index (χ2n) is 12.3. The van der Waals surface area contributed by atoms with Crippen molar-refractivity contribution in [2.45, 2.75) is 47.2 Å². The lowest BCUT2D eigenvalue weighted by Crippen LogP contribution is -2.76. The summed E-state index contributed by atoms with van der Waals surface area (Å²) in [5.41, 5.74) is 0.185. The number of hydrogen-bond donors (Lipinski definition) is 0. The predicted octanol–water partition coefficient (Wildman–Crippen LogP) is 6.32. The van der Waals surface area contributed by atoms with Gasteiger partial charge in [0.25, 0.3) is 5.91 Å². The summed E-state index contributed by atoms with van der Waals surface area (Å²) in [6.45, 7) is 3.84. The van der Waals surface area contributed by atoms with Crippen LogP contribution >= 0.6 is 11.8 Å². The Morgan fingerprint density at radius 1 is 0.739 bits per heavy atom. The first-order valence-corrected chi connectivity index (χ1v) is 16.1. The number of carbonyl (C=O) groups excluding carboxylic acids is 3. The second-order valence-corrected chi connectivity index (χ2v) is 14.0. The van der Waals surface area contributed by atoms with E-state index < -0.39 is 57.1 Å². The lowest BCUT2D eigenvalue weighted by molar-refractivity contribution is -0.177. The number of fused-ring (bicyclic) bond motifs is 2. The minimum absolute atomic E-state index is 0.443. The highest BCUT2D eigenvalue weighted by Gasteiger charge is 2.81. The Kier molecular flexibility index (Phi) is 7.31. The predicted molar refractivity (Wildman–Crippen MR) is 174 cm³/mol. The minimum atomic E-state index is -1.58. The summed E-state index contributed by atoms with van der Waals surface area (Å²) < 4.78 is 10.9. The Morgan fingerprint density at radius 3 is 1.70 bits per heavy atom. The molecule has 2 saturated heterocycles. The van der Waals surface area contributed by atoms with Gasteiger partial charge in [-0.25, -0.2) is 4.79 Å². The van der Waals surface area contributed by atoms with Crippen molar-refractivity contribution in [3.05, 3.63) is 144 Å². The zero-order valence-electron chi connectivity index (χ0n) is 25.6. The Labute approximate surface area is 271 Å². The maximum absolute atomic E-state index is 14.6. The molecule has 0 bridgehead atoms. The summed E-state index contributed by atoms with van der Waals surface area (Å²) in [5, 5.41) is 8.91. The molecule has 1 amide bonds. The third-order valence-electron chi connectivity index (χ3n) is 9.32. The highest BCUT2D eigenvalue weighted by atomic mass is 32.2. The van der Waals surface area contributed by atoms with Gasteiger partial charge in [0.2, 0.25) is 5.54 Å². The topological polar surface area (TPSA) is 97.6 Å². The largest absolute Gasteiger partial charge is 0.469 e. The summed E-state index contributed by atoms with van der Waals surface area (Å²) in [5.74, 6) is -2.67. The molecule has 1 spiro atoms. The van der Waals surface area contributed by atoms with Gasteiger partial charge in [0, 0.05) is 4.75 Å². The molecule has 8 nitrogen and oxygen atoms in total. The second kappa shape index (κ2) is 11.2. The zero-order chi connectivity index (χ0) is 32.1. The Balaban J connectivity index is 1.28. The molecule has 7 rings (SSSR count). The molecular formula is C37H33N3O5S. The van der Waals surface area contributed by atoms with Crippen LogP contribution in [0, 0.1) is 5.92 Å². The van der Waals surface area contributed by atoms with E-state index in [1.807, 2.05) is 135 Å². The van der Waals surface area contributed by atoms with Crippen molar-refractivity contribution in [2.24, 2.45) is 16.1 Å². The minimum Gasteiger partial charge on any atom is -0.469 e. The van der Waals surface area contributed by atoms with Gasteiger partial charge >= 0.3 is 11.9 Å². The summed E-state index contributed by atoms with van der Waals surface area (Å²) in [4.78, 5) is 44.3. The molecule has 4 atom stereocenters. The number of hydrogen-bond acceptors (Lipinski definition) is 8. The highest BCUT2D eigenvalue weighted by Crippen LogP contribution is 2.65. The standard InChI is InChI=1S/C37H33N3O5S/c1-35(2)30(32(42)45-28(24-16-8-4-9-17-24)25-18-10-5-11-19-25)40-33(43)37(34(40)46-35)29(31(41)44-3)36(38-39-37,26-20-12-6-13-21-26)27-22-14-7-15-23-27/h4-23,28-30,34H,1-3H3/t29-,30-,34+,37+/m0/s1. The molecule has 0 radical (unpaired) electrons. The van der Waals surface area contributed by atoms with Gasteiger partial charge in [-0.3, -0.25) is 9.59 Å². The van der Waals surface area contributed by atoms with E-state index in [2.05, 4.69) is 0 Å². The van der Waals surface area contributed by atoms with Gasteiger partial charge in [-0.1, -0.05) is 121 Å². The number of rotatable bonds is 7. The van der Waals surface area contributed by atoms with E-state index in [1.165, 1.54) is 18.9 Å². The van der Waals surface area contributed by atoms with Crippen LogP contribution in [0.25, 0.3) is 0 Å². The van der Waals surface area contributed by atoms with Crippen molar-refractivity contribution in [1.82, 2.24) is 4.90 Å². The van der Waals surface area contributed by atoms with Crippen LogP contribution in [0.15, 0.2) is 132 Å². The van der Waals surface area contributed by atoms with E-state index in [1.54, 1.807) is 4.90 Å². The van der Waals surface area contributed by atoms with Gasteiger partial charge in [-0.2, -0.15) is 10.2 Å². The van der Waals surface area contributed by atoms with E-state index in [-0.39, 0.29) is 0 Å². The summed E-state index contributed by atoms with van der Waals surface area (Å²) in [6.07, 6.45) is -0.669. The average Bonchev–Trinajstić information content (AvgIpc) is 3.61. The van der Waals surface area contributed by atoms with Gasteiger partial charge in [0.15, 0.2) is 6.10 Å². The lowest BCUT2D eigenvalue weighted by Gasteiger charge is -2.52. The molecule has 232 valence electrons. The maximum atomic E-state index is 14.6. The van der Waals surface area contributed by atoms with E-state index in [4.69, 9.17) is 19.7 Å². The number of nitrogens with zero attached hydrogens (tertiary/aromatic N) is 3. The van der Waals surface area contributed by atoms with Crippen molar-refractivity contribution < 1.29 is 23.9 Å². The quantitative estimate of drug-likeness (QED) is 0.175. The molecule has 46 heavy (non-hydrogen) atoms. The zero-order valence-corrected chi connectivity index (χ0v) is 26.5. The molecule has 0 N–H and O–H groups in total. The van der Waals surface area contributed by atoms with Crippen LogP contribution in [0.2, 0.25) is 0 Å². The fraction of sp³-hybridized carbons (Fsp3) is 0.270. The fourth-order valence-electron chi connectivity index (χ4n) is 7.24. The molecule has 0 saturated carbocycles. The third kappa shape index (κ3) is 4.32. The van der Waals surface area contributed by atoms with Crippen molar-refractivity contribution >= 4 is 29.6 Å². The highest BCUT2D eigenvalue weighted by molar-refractivity contribution is 8.01. The third-order valence-corrected chi connectivity index (χ3v) is 11.0. The van der Waals surface area contributed by atoms with E-state index in [9.17, 15) is 14.4 Å². The molecule has 3 heterocycles. The molecule has 0 aromatic heterocycles. The van der Waals surface area contributed by atoms with Crippen molar-refractivity contribution in [3.8, 4) is 0 Å².